The molecule has 0 fully saturated rings. The lowest BCUT2D eigenvalue weighted by Crippen LogP contribution is -2.19. The molecule has 0 aliphatic heterocycles. The van der Waals surface area contributed by atoms with Crippen molar-refractivity contribution >= 4 is 29.0 Å². The number of pyridine rings is 1. The SMILES string of the molecule is O=C(Nc1ccc(Cc2ccncc2)cc1)Nc1cc(F)c(F)cc1Cl. The zero-order valence-electron chi connectivity index (χ0n) is 13.5. The first kappa shape index (κ1) is 17.8. The Bertz CT molecular complexity index is 918. The van der Waals surface area contributed by atoms with E-state index in [2.05, 4.69) is 15.6 Å². The van der Waals surface area contributed by atoms with E-state index >= 15 is 0 Å². The number of carbonyl (C=O) groups excluding carboxylic acids is 1. The number of urea groups is 1. The van der Waals surface area contributed by atoms with Crippen LogP contribution in [0.3, 0.4) is 0 Å². The molecule has 0 aliphatic carbocycles. The van der Waals surface area contributed by atoms with Gasteiger partial charge in [0.1, 0.15) is 0 Å². The van der Waals surface area contributed by atoms with Crippen molar-refractivity contribution in [1.82, 2.24) is 4.98 Å². The molecule has 0 spiro atoms. The van der Waals surface area contributed by atoms with Crippen LogP contribution in [0.25, 0.3) is 0 Å². The van der Waals surface area contributed by atoms with E-state index < -0.39 is 17.7 Å². The van der Waals surface area contributed by atoms with Crippen LogP contribution in [0.4, 0.5) is 25.0 Å². The Morgan fingerprint density at radius 1 is 0.923 bits per heavy atom. The fourth-order valence-electron chi connectivity index (χ4n) is 2.35. The van der Waals surface area contributed by atoms with Crippen LogP contribution in [0.15, 0.2) is 60.9 Å². The average molecular weight is 374 g/mol. The number of amides is 2. The molecule has 0 saturated heterocycles. The number of anilines is 2. The summed E-state index contributed by atoms with van der Waals surface area (Å²) in [5, 5.41) is 4.90. The summed E-state index contributed by atoms with van der Waals surface area (Å²) >= 11 is 5.79. The van der Waals surface area contributed by atoms with Gasteiger partial charge in [-0.15, -0.1) is 0 Å². The van der Waals surface area contributed by atoms with Crippen LogP contribution in [0, 0.1) is 11.6 Å². The van der Waals surface area contributed by atoms with Gasteiger partial charge in [-0.2, -0.15) is 0 Å². The van der Waals surface area contributed by atoms with E-state index in [4.69, 9.17) is 11.6 Å². The molecule has 0 saturated carbocycles. The summed E-state index contributed by atoms with van der Waals surface area (Å²) in [5.41, 5.74) is 2.74. The Morgan fingerprint density at radius 2 is 1.54 bits per heavy atom. The van der Waals surface area contributed by atoms with Gasteiger partial charge in [-0.05, 0) is 47.9 Å². The molecular weight excluding hydrogens is 360 g/mol. The highest BCUT2D eigenvalue weighted by Crippen LogP contribution is 2.25. The van der Waals surface area contributed by atoms with Crippen molar-refractivity contribution in [3.05, 3.63) is 88.7 Å². The fourth-order valence-corrected chi connectivity index (χ4v) is 2.54. The summed E-state index contributed by atoms with van der Waals surface area (Å²) in [7, 11) is 0. The molecule has 2 aromatic carbocycles. The number of halogens is 3. The van der Waals surface area contributed by atoms with Crippen LogP contribution in [-0.4, -0.2) is 11.0 Å². The maximum absolute atomic E-state index is 13.3. The average Bonchev–Trinajstić information content (AvgIpc) is 2.62. The molecule has 132 valence electrons. The molecular formula is C19H14ClF2N3O. The molecule has 3 rings (SSSR count). The van der Waals surface area contributed by atoms with Gasteiger partial charge >= 0.3 is 6.03 Å². The lowest BCUT2D eigenvalue weighted by Gasteiger charge is -2.10. The van der Waals surface area contributed by atoms with E-state index in [0.29, 0.717) is 5.69 Å². The van der Waals surface area contributed by atoms with E-state index in [9.17, 15) is 13.6 Å². The topological polar surface area (TPSA) is 54.0 Å². The molecule has 1 heterocycles. The monoisotopic (exact) mass is 373 g/mol. The summed E-state index contributed by atoms with van der Waals surface area (Å²) in [6, 6.07) is 12.2. The van der Waals surface area contributed by atoms with E-state index in [1.807, 2.05) is 24.3 Å². The van der Waals surface area contributed by atoms with Gasteiger partial charge < -0.3 is 10.6 Å². The second-order valence-electron chi connectivity index (χ2n) is 5.55. The van der Waals surface area contributed by atoms with Crippen LogP contribution in [0.5, 0.6) is 0 Å². The zero-order chi connectivity index (χ0) is 18.5. The van der Waals surface area contributed by atoms with Crippen LogP contribution >= 0.6 is 11.6 Å². The molecule has 7 heteroatoms. The predicted molar refractivity (Wildman–Crippen MR) is 97.5 cm³/mol. The minimum atomic E-state index is -1.09. The highest BCUT2D eigenvalue weighted by atomic mass is 35.5. The minimum Gasteiger partial charge on any atom is -0.308 e. The summed E-state index contributed by atoms with van der Waals surface area (Å²) in [4.78, 5) is 16.0. The van der Waals surface area contributed by atoms with Crippen molar-refractivity contribution < 1.29 is 13.6 Å². The molecule has 0 unspecified atom stereocenters. The summed E-state index contributed by atoms with van der Waals surface area (Å²) in [6.45, 7) is 0. The highest BCUT2D eigenvalue weighted by Gasteiger charge is 2.11. The molecule has 0 radical (unpaired) electrons. The Balaban J connectivity index is 1.62. The molecule has 0 aliphatic rings. The summed E-state index contributed by atoms with van der Waals surface area (Å²) < 4.78 is 26.3. The van der Waals surface area contributed by atoms with Gasteiger partial charge in [-0.3, -0.25) is 4.98 Å². The number of benzene rings is 2. The summed E-state index contributed by atoms with van der Waals surface area (Å²) in [6.07, 6.45) is 4.22. The van der Waals surface area contributed by atoms with E-state index in [1.54, 1.807) is 24.5 Å². The number of rotatable bonds is 4. The predicted octanol–water partition coefficient (Wildman–Crippen LogP) is 5.25. The number of aromatic nitrogens is 1. The third-order valence-corrected chi connectivity index (χ3v) is 3.94. The van der Waals surface area contributed by atoms with Gasteiger partial charge in [-0.1, -0.05) is 23.7 Å². The van der Waals surface area contributed by atoms with Gasteiger partial charge in [0.15, 0.2) is 11.6 Å². The second-order valence-corrected chi connectivity index (χ2v) is 5.96. The van der Waals surface area contributed by atoms with E-state index in [1.165, 1.54) is 0 Å². The van der Waals surface area contributed by atoms with Crippen molar-refractivity contribution in [2.45, 2.75) is 6.42 Å². The van der Waals surface area contributed by atoms with Crippen molar-refractivity contribution in [3.8, 4) is 0 Å². The maximum Gasteiger partial charge on any atom is 0.323 e. The molecule has 0 atom stereocenters. The second kappa shape index (κ2) is 7.93. The van der Waals surface area contributed by atoms with Crippen molar-refractivity contribution in [3.63, 3.8) is 0 Å². The maximum atomic E-state index is 13.3. The third-order valence-electron chi connectivity index (χ3n) is 3.63. The molecule has 26 heavy (non-hydrogen) atoms. The fraction of sp³-hybridized carbons (Fsp3) is 0.0526. The Kier molecular flexibility index (Phi) is 5.43. The van der Waals surface area contributed by atoms with Gasteiger partial charge in [0, 0.05) is 24.1 Å². The lowest BCUT2D eigenvalue weighted by atomic mass is 10.1. The molecule has 4 nitrogen and oxygen atoms in total. The Morgan fingerprint density at radius 3 is 2.23 bits per heavy atom. The van der Waals surface area contributed by atoms with Crippen LogP contribution in [-0.2, 0) is 6.42 Å². The number of carbonyl (C=O) groups is 1. The van der Waals surface area contributed by atoms with Gasteiger partial charge in [-0.25, -0.2) is 13.6 Å². The van der Waals surface area contributed by atoms with Crippen molar-refractivity contribution in [2.75, 3.05) is 10.6 Å². The largest absolute Gasteiger partial charge is 0.323 e. The third kappa shape index (κ3) is 4.55. The van der Waals surface area contributed by atoms with Gasteiger partial charge in [0.25, 0.3) is 0 Å². The van der Waals surface area contributed by atoms with Crippen LogP contribution in [0.2, 0.25) is 5.02 Å². The van der Waals surface area contributed by atoms with E-state index in [0.717, 1.165) is 29.7 Å². The zero-order valence-corrected chi connectivity index (χ0v) is 14.2. The Hall–Kier alpha value is -2.99. The quantitative estimate of drug-likeness (QED) is 0.614. The van der Waals surface area contributed by atoms with Gasteiger partial charge in [0.2, 0.25) is 0 Å². The van der Waals surface area contributed by atoms with Crippen molar-refractivity contribution in [2.24, 2.45) is 0 Å². The molecule has 1 aromatic heterocycles. The molecule has 3 aromatic rings. The first-order chi connectivity index (χ1) is 12.5. The number of nitrogens with zero attached hydrogens (tertiary/aromatic N) is 1. The number of hydrogen-bond donors (Lipinski definition) is 2. The lowest BCUT2D eigenvalue weighted by molar-refractivity contribution is 0.262. The standard InChI is InChI=1S/C19H14ClF2N3O/c20-15-10-16(21)17(22)11-18(15)25-19(26)24-14-3-1-12(2-4-14)9-13-5-7-23-8-6-13/h1-8,10-11H,9H2,(H2,24,25,26). The summed E-state index contributed by atoms with van der Waals surface area (Å²) in [5.74, 6) is -2.17. The first-order valence-electron chi connectivity index (χ1n) is 7.71. The number of hydrogen-bond acceptors (Lipinski definition) is 2. The minimum absolute atomic E-state index is 0.0163. The highest BCUT2D eigenvalue weighted by molar-refractivity contribution is 6.33. The van der Waals surface area contributed by atoms with E-state index in [-0.39, 0.29) is 10.7 Å². The first-order valence-corrected chi connectivity index (χ1v) is 8.09. The van der Waals surface area contributed by atoms with Gasteiger partial charge in [0.05, 0.1) is 10.7 Å². The van der Waals surface area contributed by atoms with Crippen LogP contribution in [0.1, 0.15) is 11.1 Å². The van der Waals surface area contributed by atoms with Crippen LogP contribution < -0.4 is 10.6 Å². The Labute approximate surface area is 153 Å². The molecule has 2 N–H and O–H groups in total. The molecule has 0 bridgehead atoms. The normalized spacial score (nSPS) is 10.4. The molecule has 2 amide bonds. The smallest absolute Gasteiger partial charge is 0.308 e. The van der Waals surface area contributed by atoms with Crippen molar-refractivity contribution in [1.29, 1.82) is 0 Å². The number of nitrogens with one attached hydrogen (secondary N) is 2.